The summed E-state index contributed by atoms with van der Waals surface area (Å²) in [7, 11) is -3.74. The summed E-state index contributed by atoms with van der Waals surface area (Å²) in [5, 5.41) is 13.5. The van der Waals surface area contributed by atoms with Crippen LogP contribution < -0.4 is 10.4 Å². The fourth-order valence-corrected chi connectivity index (χ4v) is 3.94. The Morgan fingerprint density at radius 1 is 1.27 bits per heavy atom. The lowest BCUT2D eigenvalue weighted by atomic mass is 10.0. The Hall–Kier alpha value is -1.93. The van der Waals surface area contributed by atoms with Crippen molar-refractivity contribution in [3.05, 3.63) is 24.3 Å². The highest BCUT2D eigenvalue weighted by Crippen LogP contribution is 2.24. The summed E-state index contributed by atoms with van der Waals surface area (Å²) in [4.78, 5) is 22.0. The summed E-state index contributed by atoms with van der Waals surface area (Å²) in [6.45, 7) is 1.58. The molecule has 1 saturated heterocycles. The Labute approximate surface area is 129 Å². The number of nitrogens with one attached hydrogen (secondary N) is 1. The maximum absolute atomic E-state index is 12.5. The van der Waals surface area contributed by atoms with Crippen molar-refractivity contribution in [3.63, 3.8) is 0 Å². The first-order valence-electron chi connectivity index (χ1n) is 6.89. The zero-order valence-corrected chi connectivity index (χ0v) is 12.9. The molecular weight excluding hydrogens is 308 g/mol. The normalized spacial score (nSPS) is 19.6. The van der Waals surface area contributed by atoms with E-state index in [2.05, 4.69) is 5.32 Å². The second-order valence-electron chi connectivity index (χ2n) is 5.23. The Kier molecular flexibility index (Phi) is 4.82. The molecule has 0 aromatic heterocycles. The van der Waals surface area contributed by atoms with Crippen molar-refractivity contribution < 1.29 is 23.1 Å². The molecule has 1 aliphatic heterocycles. The third-order valence-corrected chi connectivity index (χ3v) is 5.41. The molecule has 1 aliphatic rings. The third-order valence-electron chi connectivity index (χ3n) is 3.53. The van der Waals surface area contributed by atoms with Gasteiger partial charge in [-0.2, -0.15) is 4.31 Å². The van der Waals surface area contributed by atoms with Crippen LogP contribution in [0.5, 0.6) is 0 Å². The van der Waals surface area contributed by atoms with E-state index in [1.54, 1.807) is 0 Å². The first-order valence-corrected chi connectivity index (χ1v) is 8.33. The Morgan fingerprint density at radius 2 is 1.91 bits per heavy atom. The van der Waals surface area contributed by atoms with Crippen LogP contribution in [0.4, 0.5) is 5.69 Å². The minimum Gasteiger partial charge on any atom is -0.550 e. The van der Waals surface area contributed by atoms with Crippen molar-refractivity contribution in [2.45, 2.75) is 24.7 Å². The molecule has 7 nitrogen and oxygen atoms in total. The van der Waals surface area contributed by atoms with Gasteiger partial charge in [-0.25, -0.2) is 8.42 Å². The molecule has 8 heteroatoms. The highest BCUT2D eigenvalue weighted by atomic mass is 32.2. The Morgan fingerprint density at radius 3 is 2.45 bits per heavy atom. The van der Waals surface area contributed by atoms with Gasteiger partial charge in [-0.3, -0.25) is 4.79 Å². The van der Waals surface area contributed by atoms with Crippen molar-refractivity contribution in [1.29, 1.82) is 0 Å². The molecule has 120 valence electrons. The highest BCUT2D eigenvalue weighted by molar-refractivity contribution is 7.89. The molecule has 22 heavy (non-hydrogen) atoms. The molecule has 1 atom stereocenters. The molecule has 1 aromatic rings. The summed E-state index contributed by atoms with van der Waals surface area (Å²) < 4.78 is 26.2. The first kappa shape index (κ1) is 16.4. The number of nitrogens with zero attached hydrogens (tertiary/aromatic N) is 1. The second kappa shape index (κ2) is 6.45. The number of hydrogen-bond donors (Lipinski definition) is 1. The van der Waals surface area contributed by atoms with Gasteiger partial charge in [0.25, 0.3) is 0 Å². The van der Waals surface area contributed by atoms with Gasteiger partial charge < -0.3 is 15.2 Å². The minimum atomic E-state index is -3.74. The average Bonchev–Trinajstić information content (AvgIpc) is 2.47. The molecular formula is C14H17N2O5S-. The number of aliphatic carboxylic acids is 1. The molecule has 1 amide bonds. The predicted octanol–water partition coefficient (Wildman–Crippen LogP) is -0.204. The van der Waals surface area contributed by atoms with Gasteiger partial charge in [0.1, 0.15) is 0 Å². The minimum absolute atomic E-state index is 0.0700. The number of anilines is 1. The summed E-state index contributed by atoms with van der Waals surface area (Å²) in [6.07, 6.45) is 0.914. The lowest BCUT2D eigenvalue weighted by Gasteiger charge is -2.32. The van der Waals surface area contributed by atoms with Gasteiger partial charge in [-0.15, -0.1) is 0 Å². The summed E-state index contributed by atoms with van der Waals surface area (Å²) in [6, 6.07) is 5.77. The smallest absolute Gasteiger partial charge is 0.243 e. The van der Waals surface area contributed by atoms with E-state index in [9.17, 15) is 23.1 Å². The van der Waals surface area contributed by atoms with Crippen LogP contribution in [-0.2, 0) is 19.6 Å². The molecule has 0 bridgehead atoms. The molecule has 2 rings (SSSR count). The lowest BCUT2D eigenvalue weighted by molar-refractivity contribution is -0.312. The third kappa shape index (κ3) is 3.63. The number of carboxylic acid groups (broad SMARTS) is 1. The van der Waals surface area contributed by atoms with Crippen LogP contribution in [0.25, 0.3) is 0 Å². The van der Waals surface area contributed by atoms with Crippen LogP contribution in [0.2, 0.25) is 0 Å². The number of sulfonamides is 1. The molecule has 1 heterocycles. The van der Waals surface area contributed by atoms with E-state index >= 15 is 0 Å². The van der Waals surface area contributed by atoms with Gasteiger partial charge in [0.15, 0.2) is 0 Å². The summed E-state index contributed by atoms with van der Waals surface area (Å²) >= 11 is 0. The number of rotatable bonds is 4. The largest absolute Gasteiger partial charge is 0.550 e. The number of carbonyl (C=O) groups excluding carboxylic acids is 2. The molecule has 1 N–H and O–H groups in total. The Balaban J connectivity index is 2.19. The monoisotopic (exact) mass is 325 g/mol. The second-order valence-corrected chi connectivity index (χ2v) is 7.16. The van der Waals surface area contributed by atoms with Gasteiger partial charge in [-0.05, 0) is 37.1 Å². The number of benzene rings is 1. The van der Waals surface area contributed by atoms with Crippen molar-refractivity contribution in [3.8, 4) is 0 Å². The van der Waals surface area contributed by atoms with Gasteiger partial charge in [0.05, 0.1) is 4.90 Å². The maximum Gasteiger partial charge on any atom is 0.243 e. The first-order chi connectivity index (χ1) is 10.3. The van der Waals surface area contributed by atoms with E-state index < -0.39 is 21.9 Å². The van der Waals surface area contributed by atoms with E-state index in [0.29, 0.717) is 25.1 Å². The summed E-state index contributed by atoms with van der Waals surface area (Å²) in [5.41, 5.74) is 0.498. The molecule has 0 unspecified atom stereocenters. The van der Waals surface area contributed by atoms with E-state index in [0.717, 1.165) is 0 Å². The number of carboxylic acids is 1. The van der Waals surface area contributed by atoms with Crippen LogP contribution in [0.15, 0.2) is 29.2 Å². The van der Waals surface area contributed by atoms with Crippen LogP contribution in [0, 0.1) is 5.92 Å². The number of carbonyl (C=O) groups is 2. The number of hydrogen-bond acceptors (Lipinski definition) is 5. The fraction of sp³-hybridized carbons (Fsp3) is 0.429. The fourth-order valence-electron chi connectivity index (χ4n) is 2.42. The molecule has 1 fully saturated rings. The molecule has 0 saturated carbocycles. The zero-order valence-electron chi connectivity index (χ0n) is 12.1. The molecule has 0 spiro atoms. The number of piperidine rings is 1. The predicted molar refractivity (Wildman–Crippen MR) is 77.2 cm³/mol. The maximum atomic E-state index is 12.5. The SMILES string of the molecule is CC(=O)Nc1ccc(S(=O)(=O)N2CCC[C@H](C(=O)[O-])C2)cc1. The Bertz CT molecular complexity index is 669. The topological polar surface area (TPSA) is 107 Å². The lowest BCUT2D eigenvalue weighted by Crippen LogP contribution is -2.46. The van der Waals surface area contributed by atoms with Crippen LogP contribution >= 0.6 is 0 Å². The van der Waals surface area contributed by atoms with Crippen molar-refractivity contribution >= 4 is 27.6 Å². The van der Waals surface area contributed by atoms with E-state index in [-0.39, 0.29) is 17.3 Å². The standard InChI is InChI=1S/C14H18N2O5S/c1-10(17)15-12-4-6-13(7-5-12)22(20,21)16-8-2-3-11(9-16)14(18)19/h4-7,11H,2-3,8-9H2,1H3,(H,15,17)(H,18,19)/p-1/t11-/m0/s1. The van der Waals surface area contributed by atoms with Gasteiger partial charge in [0, 0.05) is 37.6 Å². The highest BCUT2D eigenvalue weighted by Gasteiger charge is 2.30. The van der Waals surface area contributed by atoms with Gasteiger partial charge in [0.2, 0.25) is 15.9 Å². The zero-order chi connectivity index (χ0) is 16.3. The van der Waals surface area contributed by atoms with E-state index in [4.69, 9.17) is 0 Å². The van der Waals surface area contributed by atoms with Crippen molar-refractivity contribution in [2.75, 3.05) is 18.4 Å². The van der Waals surface area contributed by atoms with Crippen molar-refractivity contribution in [1.82, 2.24) is 4.31 Å². The molecule has 0 aliphatic carbocycles. The van der Waals surface area contributed by atoms with Crippen LogP contribution in [0.1, 0.15) is 19.8 Å². The van der Waals surface area contributed by atoms with E-state index in [1.807, 2.05) is 0 Å². The molecule has 0 radical (unpaired) electrons. The molecule has 1 aromatic carbocycles. The number of amides is 1. The van der Waals surface area contributed by atoms with Crippen molar-refractivity contribution in [2.24, 2.45) is 5.92 Å². The quantitative estimate of drug-likeness (QED) is 0.825. The van der Waals surface area contributed by atoms with Crippen LogP contribution in [-0.4, -0.2) is 37.7 Å². The average molecular weight is 325 g/mol. The van der Waals surface area contributed by atoms with E-state index in [1.165, 1.54) is 35.5 Å². The summed E-state index contributed by atoms with van der Waals surface area (Å²) in [5.74, 6) is -2.24. The van der Waals surface area contributed by atoms with Gasteiger partial charge >= 0.3 is 0 Å². The van der Waals surface area contributed by atoms with Crippen LogP contribution in [0.3, 0.4) is 0 Å². The van der Waals surface area contributed by atoms with Gasteiger partial charge in [-0.1, -0.05) is 0 Å².